The predicted octanol–water partition coefficient (Wildman–Crippen LogP) is 4.76. The van der Waals surface area contributed by atoms with Crippen molar-refractivity contribution in [3.05, 3.63) is 87.5 Å². The zero-order valence-corrected chi connectivity index (χ0v) is 17.9. The molecule has 0 spiro atoms. The van der Waals surface area contributed by atoms with Crippen LogP contribution in [0.1, 0.15) is 27.4 Å². The summed E-state index contributed by atoms with van der Waals surface area (Å²) in [6.07, 6.45) is 1.51. The summed E-state index contributed by atoms with van der Waals surface area (Å²) in [6.45, 7) is 2.28. The van der Waals surface area contributed by atoms with Crippen molar-refractivity contribution in [2.24, 2.45) is 0 Å². The van der Waals surface area contributed by atoms with E-state index in [1.807, 2.05) is 36.4 Å². The summed E-state index contributed by atoms with van der Waals surface area (Å²) >= 11 is 12.0. The van der Waals surface area contributed by atoms with Gasteiger partial charge in [0.05, 0.1) is 22.2 Å². The fraction of sp³-hybridized carbons (Fsp3) is 0.143. The third kappa shape index (κ3) is 5.04. The molecule has 4 aromatic rings. The van der Waals surface area contributed by atoms with Crippen molar-refractivity contribution >= 4 is 35.1 Å². The summed E-state index contributed by atoms with van der Waals surface area (Å²) in [5.74, 6) is 0.827. The van der Waals surface area contributed by atoms with Crippen LogP contribution in [0.15, 0.2) is 59.4 Å². The van der Waals surface area contributed by atoms with E-state index < -0.39 is 5.91 Å². The minimum absolute atomic E-state index is 0.120. The average molecular weight is 458 g/mol. The molecule has 2 aromatic carbocycles. The molecule has 1 N–H and O–H groups in total. The zero-order valence-electron chi connectivity index (χ0n) is 16.4. The highest BCUT2D eigenvalue weighted by Crippen LogP contribution is 2.23. The van der Waals surface area contributed by atoms with Crippen molar-refractivity contribution in [3.63, 3.8) is 0 Å². The van der Waals surface area contributed by atoms with Crippen molar-refractivity contribution < 1.29 is 14.1 Å². The second kappa shape index (κ2) is 9.20. The minimum Gasteiger partial charge on any atom is -0.489 e. The van der Waals surface area contributed by atoms with Gasteiger partial charge < -0.3 is 9.26 Å². The van der Waals surface area contributed by atoms with Crippen LogP contribution in [0.4, 0.5) is 5.95 Å². The lowest BCUT2D eigenvalue weighted by atomic mass is 10.2. The topological polar surface area (TPSA) is 95.1 Å². The third-order valence-electron chi connectivity index (χ3n) is 4.42. The maximum Gasteiger partial charge on any atom is 0.280 e. The van der Waals surface area contributed by atoms with E-state index in [0.29, 0.717) is 33.7 Å². The number of carbonyl (C=O) groups excluding carboxylic acids is 1. The molecule has 0 aliphatic heterocycles. The van der Waals surface area contributed by atoms with Gasteiger partial charge in [0.15, 0.2) is 5.69 Å². The van der Waals surface area contributed by atoms with Gasteiger partial charge in [-0.25, -0.2) is 9.67 Å². The summed E-state index contributed by atoms with van der Waals surface area (Å²) in [5.41, 5.74) is 1.57. The molecule has 2 aromatic heterocycles. The quantitative estimate of drug-likeness (QED) is 0.429. The Balaban J connectivity index is 1.42. The van der Waals surface area contributed by atoms with Gasteiger partial charge in [-0.15, -0.1) is 5.10 Å². The highest BCUT2D eigenvalue weighted by molar-refractivity contribution is 6.42. The number of halogens is 2. The second-order valence-corrected chi connectivity index (χ2v) is 7.45. The van der Waals surface area contributed by atoms with Crippen LogP contribution in [-0.4, -0.2) is 25.8 Å². The van der Waals surface area contributed by atoms with Crippen LogP contribution >= 0.6 is 23.2 Å². The highest BCUT2D eigenvalue weighted by atomic mass is 35.5. The molecular weight excluding hydrogens is 441 g/mol. The van der Waals surface area contributed by atoms with Crippen LogP contribution in [0.2, 0.25) is 10.0 Å². The number of nitrogens with one attached hydrogen (secondary N) is 1. The number of benzene rings is 2. The smallest absolute Gasteiger partial charge is 0.280 e. The fourth-order valence-electron chi connectivity index (χ4n) is 2.83. The molecule has 0 saturated heterocycles. The van der Waals surface area contributed by atoms with E-state index in [4.69, 9.17) is 32.5 Å². The molecule has 0 bridgehead atoms. The number of hydrogen-bond acceptors (Lipinski definition) is 6. The number of amides is 1. The maximum atomic E-state index is 12.7. The summed E-state index contributed by atoms with van der Waals surface area (Å²) in [5, 5.41) is 11.7. The van der Waals surface area contributed by atoms with Gasteiger partial charge in [-0.1, -0.05) is 52.6 Å². The van der Waals surface area contributed by atoms with Crippen LogP contribution in [-0.2, 0) is 13.2 Å². The predicted molar refractivity (Wildman–Crippen MR) is 116 cm³/mol. The number of carbonyl (C=O) groups is 1. The van der Waals surface area contributed by atoms with E-state index >= 15 is 0 Å². The molecule has 0 atom stereocenters. The van der Waals surface area contributed by atoms with Crippen molar-refractivity contribution in [3.8, 4) is 5.75 Å². The van der Waals surface area contributed by atoms with Crippen LogP contribution in [0.3, 0.4) is 0 Å². The van der Waals surface area contributed by atoms with E-state index in [9.17, 15) is 4.79 Å². The third-order valence-corrected chi connectivity index (χ3v) is 5.16. The number of para-hydroxylation sites is 1. The Morgan fingerprint density at radius 3 is 2.74 bits per heavy atom. The molecule has 1 amide bonds. The highest BCUT2D eigenvalue weighted by Gasteiger charge is 2.21. The number of anilines is 1. The monoisotopic (exact) mass is 457 g/mol. The molecule has 0 aliphatic rings. The molecule has 4 rings (SSSR count). The van der Waals surface area contributed by atoms with E-state index in [2.05, 4.69) is 20.6 Å². The Morgan fingerprint density at radius 2 is 1.97 bits per heavy atom. The van der Waals surface area contributed by atoms with Gasteiger partial charge in [0, 0.05) is 0 Å². The number of ether oxygens (including phenoxy) is 1. The first-order valence-corrected chi connectivity index (χ1v) is 10.0. The van der Waals surface area contributed by atoms with Gasteiger partial charge in [0.25, 0.3) is 5.91 Å². The van der Waals surface area contributed by atoms with Gasteiger partial charge in [0.1, 0.15) is 24.4 Å². The van der Waals surface area contributed by atoms with Crippen molar-refractivity contribution in [2.45, 2.75) is 20.1 Å². The summed E-state index contributed by atoms with van der Waals surface area (Å²) in [4.78, 5) is 16.8. The molecule has 0 radical (unpaired) electrons. The van der Waals surface area contributed by atoms with Gasteiger partial charge in [-0.05, 0) is 36.8 Å². The van der Waals surface area contributed by atoms with Crippen LogP contribution < -0.4 is 10.1 Å². The SMILES string of the molecule is Cc1onc(C(=O)Nc2ncn(Cc3ccc(Cl)c(Cl)c3)n2)c1COc1ccccc1. The Hall–Kier alpha value is -3.36. The van der Waals surface area contributed by atoms with Gasteiger partial charge in [0.2, 0.25) is 5.95 Å². The molecule has 2 heterocycles. The van der Waals surface area contributed by atoms with Crippen LogP contribution in [0.5, 0.6) is 5.75 Å². The minimum atomic E-state index is -0.490. The number of aryl methyl sites for hydroxylation is 1. The Labute approximate surface area is 187 Å². The Bertz CT molecular complexity index is 1210. The number of rotatable bonds is 7. The van der Waals surface area contributed by atoms with Crippen LogP contribution in [0, 0.1) is 6.92 Å². The summed E-state index contributed by atoms with van der Waals surface area (Å²) in [7, 11) is 0. The molecule has 31 heavy (non-hydrogen) atoms. The van der Waals surface area contributed by atoms with Gasteiger partial charge >= 0.3 is 0 Å². The standard InChI is InChI=1S/C21H17Cl2N5O3/c1-13-16(11-30-15-5-3-2-4-6-15)19(27-31-13)20(29)25-21-24-12-28(26-21)10-14-7-8-17(22)18(23)9-14/h2-9,12H,10-11H2,1H3,(H,25,26,29). The lowest BCUT2D eigenvalue weighted by molar-refractivity contribution is 0.101. The van der Waals surface area contributed by atoms with Crippen molar-refractivity contribution in [1.29, 1.82) is 0 Å². The van der Waals surface area contributed by atoms with E-state index in [0.717, 1.165) is 5.56 Å². The lowest BCUT2D eigenvalue weighted by Gasteiger charge is -2.06. The lowest BCUT2D eigenvalue weighted by Crippen LogP contribution is -2.16. The molecule has 10 heteroatoms. The van der Waals surface area contributed by atoms with E-state index in [1.54, 1.807) is 23.7 Å². The normalized spacial score (nSPS) is 10.8. The Kier molecular flexibility index (Phi) is 6.20. The molecule has 158 valence electrons. The van der Waals surface area contributed by atoms with E-state index in [-0.39, 0.29) is 18.2 Å². The number of aromatic nitrogens is 4. The maximum absolute atomic E-state index is 12.7. The first-order valence-electron chi connectivity index (χ1n) is 9.27. The average Bonchev–Trinajstić information content (AvgIpc) is 3.36. The first kappa shape index (κ1) is 20.9. The van der Waals surface area contributed by atoms with Crippen LogP contribution in [0.25, 0.3) is 0 Å². The largest absolute Gasteiger partial charge is 0.489 e. The molecule has 0 fully saturated rings. The summed E-state index contributed by atoms with van der Waals surface area (Å²) < 4.78 is 12.5. The molecule has 0 unspecified atom stereocenters. The second-order valence-electron chi connectivity index (χ2n) is 6.64. The number of hydrogen-bond donors (Lipinski definition) is 1. The van der Waals surface area contributed by atoms with Crippen molar-refractivity contribution in [2.75, 3.05) is 5.32 Å². The number of nitrogens with zero attached hydrogens (tertiary/aromatic N) is 4. The summed E-state index contributed by atoms with van der Waals surface area (Å²) in [6, 6.07) is 14.6. The first-order chi connectivity index (χ1) is 15.0. The molecule has 8 nitrogen and oxygen atoms in total. The zero-order chi connectivity index (χ0) is 21.8. The van der Waals surface area contributed by atoms with E-state index in [1.165, 1.54) is 6.33 Å². The van der Waals surface area contributed by atoms with Crippen molar-refractivity contribution in [1.82, 2.24) is 19.9 Å². The van der Waals surface area contributed by atoms with Gasteiger partial charge in [-0.2, -0.15) is 0 Å². The van der Waals surface area contributed by atoms with Gasteiger partial charge in [-0.3, -0.25) is 10.1 Å². The Morgan fingerprint density at radius 1 is 1.16 bits per heavy atom. The molecule has 0 aliphatic carbocycles. The fourth-order valence-corrected chi connectivity index (χ4v) is 3.15. The molecule has 0 saturated carbocycles. The molecular formula is C21H17Cl2N5O3.